The van der Waals surface area contributed by atoms with Crippen molar-refractivity contribution >= 4 is 36.1 Å². The third-order valence-corrected chi connectivity index (χ3v) is 4.47. The first-order valence-electron chi connectivity index (χ1n) is 6.11. The molecule has 1 aliphatic rings. The molecule has 4 nitrogen and oxygen atoms in total. The second-order valence-corrected chi connectivity index (χ2v) is 5.65. The molecular weight excluding hydrogens is 284 g/mol. The average molecular weight is 303 g/mol. The van der Waals surface area contributed by atoms with Crippen molar-refractivity contribution in [2.45, 2.75) is 18.9 Å². The summed E-state index contributed by atoms with van der Waals surface area (Å²) in [6, 6.07) is 0.472. The molecule has 0 aromatic heterocycles. The first-order chi connectivity index (χ1) is 9.12. The summed E-state index contributed by atoms with van der Waals surface area (Å²) < 4.78 is 2.35. The Labute approximate surface area is 123 Å². The fourth-order valence-electron chi connectivity index (χ4n) is 1.97. The van der Waals surface area contributed by atoms with Crippen molar-refractivity contribution in [3.63, 3.8) is 0 Å². The Bertz CT molecular complexity index is 367. The predicted octanol–water partition coefficient (Wildman–Crippen LogP) is 2.06. The maximum Gasteiger partial charge on any atom is 0.154 e. The number of allylic oxidation sites excluding steroid dienone is 3. The number of carbonyl (C=O) groups excluding carboxylic acids is 2. The minimum absolute atomic E-state index is 0.0245. The lowest BCUT2D eigenvalue weighted by Gasteiger charge is -2.35. The van der Waals surface area contributed by atoms with E-state index in [0.717, 1.165) is 25.9 Å². The number of hydrogen-bond acceptors (Lipinski definition) is 5. The van der Waals surface area contributed by atoms with Gasteiger partial charge in [-0.2, -0.15) is 0 Å². The molecular formula is C13H19ClN2O2S. The summed E-state index contributed by atoms with van der Waals surface area (Å²) in [7, 11) is 1.99. The second-order valence-electron chi connectivity index (χ2n) is 4.36. The Morgan fingerprint density at radius 1 is 1.32 bits per heavy atom. The van der Waals surface area contributed by atoms with Gasteiger partial charge in [0.05, 0.1) is 10.6 Å². The number of aldehydes is 2. The highest BCUT2D eigenvalue weighted by Crippen LogP contribution is 2.20. The lowest BCUT2D eigenvalue weighted by Crippen LogP contribution is -2.38. The summed E-state index contributed by atoms with van der Waals surface area (Å²) in [6.07, 6.45) is 8.64. The summed E-state index contributed by atoms with van der Waals surface area (Å²) in [5.41, 5.74) is -0.0245. The van der Waals surface area contributed by atoms with Gasteiger partial charge >= 0.3 is 0 Å². The predicted molar refractivity (Wildman–Crippen MR) is 80.0 cm³/mol. The molecule has 0 bridgehead atoms. The van der Waals surface area contributed by atoms with E-state index in [0.29, 0.717) is 18.6 Å². The molecule has 0 N–H and O–H groups in total. The number of rotatable bonds is 6. The summed E-state index contributed by atoms with van der Waals surface area (Å²) in [5, 5.41) is 0.179. The van der Waals surface area contributed by atoms with Crippen molar-refractivity contribution in [2.24, 2.45) is 0 Å². The molecule has 0 unspecified atom stereocenters. The molecule has 0 aromatic rings. The molecule has 1 aliphatic heterocycles. The zero-order valence-corrected chi connectivity index (χ0v) is 12.8. The van der Waals surface area contributed by atoms with Gasteiger partial charge in [-0.05, 0) is 25.2 Å². The minimum Gasteiger partial charge on any atom is -0.377 e. The fourth-order valence-corrected chi connectivity index (χ4v) is 2.69. The lowest BCUT2D eigenvalue weighted by molar-refractivity contribution is -0.109. The van der Waals surface area contributed by atoms with Gasteiger partial charge in [0, 0.05) is 32.4 Å². The van der Waals surface area contributed by atoms with Crippen LogP contribution in [-0.2, 0) is 9.59 Å². The molecule has 1 saturated heterocycles. The molecule has 106 valence electrons. The number of piperidine rings is 1. The largest absolute Gasteiger partial charge is 0.377 e. The van der Waals surface area contributed by atoms with E-state index in [2.05, 4.69) is 15.5 Å². The Hall–Kier alpha value is -0.780. The van der Waals surface area contributed by atoms with Crippen LogP contribution < -0.4 is 0 Å². The maximum absolute atomic E-state index is 10.6. The van der Waals surface area contributed by atoms with E-state index >= 15 is 0 Å². The summed E-state index contributed by atoms with van der Waals surface area (Å²) in [6.45, 7) is 2.14. The third kappa shape index (κ3) is 5.01. The summed E-state index contributed by atoms with van der Waals surface area (Å²) >= 11 is 7.65. The number of halogens is 1. The maximum atomic E-state index is 10.6. The molecule has 0 spiro atoms. The molecule has 0 aromatic carbocycles. The van der Waals surface area contributed by atoms with Crippen LogP contribution in [-0.4, -0.2) is 54.2 Å². The normalized spacial score (nSPS) is 17.4. The Morgan fingerprint density at radius 3 is 2.37 bits per heavy atom. The second kappa shape index (κ2) is 8.40. The summed E-state index contributed by atoms with van der Waals surface area (Å²) in [4.78, 5) is 23.2. The van der Waals surface area contributed by atoms with Crippen LogP contribution in [0.4, 0.5) is 0 Å². The molecule has 19 heavy (non-hydrogen) atoms. The van der Waals surface area contributed by atoms with Crippen LogP contribution >= 0.6 is 23.5 Å². The summed E-state index contributed by atoms with van der Waals surface area (Å²) in [5.74, 6) is 0. The molecule has 0 saturated carbocycles. The van der Waals surface area contributed by atoms with Gasteiger partial charge in [0.2, 0.25) is 0 Å². The van der Waals surface area contributed by atoms with Crippen LogP contribution in [0.5, 0.6) is 0 Å². The highest BCUT2D eigenvalue weighted by Gasteiger charge is 2.20. The van der Waals surface area contributed by atoms with Gasteiger partial charge in [-0.3, -0.25) is 13.9 Å². The fraction of sp³-hybridized carbons (Fsp3) is 0.538. The highest BCUT2D eigenvalue weighted by molar-refractivity contribution is 7.96. The van der Waals surface area contributed by atoms with Crippen LogP contribution in [0.2, 0.25) is 0 Å². The van der Waals surface area contributed by atoms with Crippen molar-refractivity contribution in [1.29, 1.82) is 0 Å². The molecule has 0 radical (unpaired) electrons. The highest BCUT2D eigenvalue weighted by atomic mass is 35.5. The van der Waals surface area contributed by atoms with Gasteiger partial charge in [0.25, 0.3) is 0 Å². The first-order valence-corrected chi connectivity index (χ1v) is 7.67. The van der Waals surface area contributed by atoms with E-state index in [4.69, 9.17) is 11.6 Å². The molecule has 0 amide bonds. The van der Waals surface area contributed by atoms with E-state index in [-0.39, 0.29) is 10.6 Å². The molecule has 1 fully saturated rings. The third-order valence-electron chi connectivity index (χ3n) is 3.24. The van der Waals surface area contributed by atoms with Gasteiger partial charge in [-0.1, -0.05) is 23.5 Å². The molecule has 0 aliphatic carbocycles. The van der Waals surface area contributed by atoms with Crippen molar-refractivity contribution in [2.75, 3.05) is 26.4 Å². The van der Waals surface area contributed by atoms with Gasteiger partial charge in [0.15, 0.2) is 12.6 Å². The van der Waals surface area contributed by atoms with Crippen LogP contribution in [0, 0.1) is 0 Å². The number of carbonyl (C=O) groups is 2. The van der Waals surface area contributed by atoms with E-state index in [1.54, 1.807) is 18.0 Å². The van der Waals surface area contributed by atoms with Crippen molar-refractivity contribution in [3.05, 3.63) is 22.9 Å². The quantitative estimate of drug-likeness (QED) is 0.188. The van der Waals surface area contributed by atoms with Gasteiger partial charge < -0.3 is 4.90 Å². The zero-order valence-electron chi connectivity index (χ0n) is 11.2. The number of hydrogen-bond donors (Lipinski definition) is 0. The van der Waals surface area contributed by atoms with Crippen LogP contribution in [0.25, 0.3) is 0 Å². The molecule has 6 heteroatoms. The molecule has 1 heterocycles. The topological polar surface area (TPSA) is 40.6 Å². The smallest absolute Gasteiger partial charge is 0.154 e. The number of nitrogens with zero attached hydrogens (tertiary/aromatic N) is 2. The average Bonchev–Trinajstić information content (AvgIpc) is 2.46. The molecule has 0 atom stereocenters. The Balaban J connectivity index is 2.55. The minimum atomic E-state index is -0.0245. The van der Waals surface area contributed by atoms with Crippen LogP contribution in [0.3, 0.4) is 0 Å². The van der Waals surface area contributed by atoms with Gasteiger partial charge in [-0.15, -0.1) is 0 Å². The zero-order chi connectivity index (χ0) is 14.3. The Morgan fingerprint density at radius 2 is 1.89 bits per heavy atom. The van der Waals surface area contributed by atoms with Crippen molar-refractivity contribution < 1.29 is 9.59 Å². The monoisotopic (exact) mass is 302 g/mol. The lowest BCUT2D eigenvalue weighted by atomic mass is 10.1. The van der Waals surface area contributed by atoms with Gasteiger partial charge in [0.1, 0.15) is 0 Å². The van der Waals surface area contributed by atoms with E-state index in [1.165, 1.54) is 0 Å². The standard InChI is InChI=1S/C13H19ClN2O2S/c1-15(6-5-13(14)11(9-17)10-18)12-3-7-16(19-2)8-4-12/h5-6,9-10,12H,3-4,7-8H2,1-2H3/b6-5-. The SMILES string of the molecule is CSN1CCC(N(C)/C=C\C(Cl)=C(C=O)C=O)CC1. The van der Waals surface area contributed by atoms with Crippen LogP contribution in [0.15, 0.2) is 22.9 Å². The van der Waals surface area contributed by atoms with E-state index < -0.39 is 0 Å². The van der Waals surface area contributed by atoms with Crippen molar-refractivity contribution in [3.8, 4) is 0 Å². The van der Waals surface area contributed by atoms with E-state index in [1.807, 2.05) is 13.2 Å². The first kappa shape index (κ1) is 16.3. The molecule has 1 rings (SSSR count). The van der Waals surface area contributed by atoms with Gasteiger partial charge in [-0.25, -0.2) is 0 Å². The van der Waals surface area contributed by atoms with E-state index in [9.17, 15) is 9.59 Å². The van der Waals surface area contributed by atoms with Crippen LogP contribution in [0.1, 0.15) is 12.8 Å². The Kier molecular flexibility index (Phi) is 7.20. The van der Waals surface area contributed by atoms with Crippen molar-refractivity contribution in [1.82, 2.24) is 9.21 Å².